The van der Waals surface area contributed by atoms with Gasteiger partial charge >= 0.3 is 0 Å². The summed E-state index contributed by atoms with van der Waals surface area (Å²) in [5.41, 5.74) is 2.82. The van der Waals surface area contributed by atoms with Gasteiger partial charge in [-0.15, -0.1) is 0 Å². The Balaban J connectivity index is 2.92. The first-order valence-corrected chi connectivity index (χ1v) is 5.71. The number of halogens is 1. The smallest absolute Gasteiger partial charge is 0.126 e. The largest absolute Gasteiger partial charge is 0.307 e. The zero-order valence-corrected chi connectivity index (χ0v) is 10.3. The summed E-state index contributed by atoms with van der Waals surface area (Å²) >= 11 is 0. The number of hydrogen-bond acceptors (Lipinski definition) is 1. The molecule has 88 valence electrons. The average Bonchev–Trinajstić information content (AvgIpc) is 2.23. The van der Waals surface area contributed by atoms with Crippen LogP contribution in [0.15, 0.2) is 30.4 Å². The molecular formula is C14H20FN. The molecule has 0 fully saturated rings. The maximum atomic E-state index is 13.2. The van der Waals surface area contributed by atoms with Crippen LogP contribution in [0.25, 0.3) is 0 Å². The lowest BCUT2D eigenvalue weighted by molar-refractivity contribution is 0.584. The number of nitrogens with one attached hydrogen (secondary N) is 1. The van der Waals surface area contributed by atoms with Crippen molar-refractivity contribution in [3.05, 3.63) is 47.3 Å². The second kappa shape index (κ2) is 5.80. The van der Waals surface area contributed by atoms with E-state index in [1.54, 1.807) is 6.92 Å². The highest BCUT2D eigenvalue weighted by molar-refractivity contribution is 5.30. The van der Waals surface area contributed by atoms with Gasteiger partial charge in [0.1, 0.15) is 5.82 Å². The standard InChI is InChI=1S/C14H20FN/c1-5-8-16-14(10(2)3)12-6-7-13(15)11(4)9-12/h6-7,9,14,16H,2,5,8H2,1,3-4H3. The zero-order valence-electron chi connectivity index (χ0n) is 10.3. The van der Waals surface area contributed by atoms with Crippen molar-refractivity contribution in [1.29, 1.82) is 0 Å². The monoisotopic (exact) mass is 221 g/mol. The Morgan fingerprint density at radius 2 is 2.19 bits per heavy atom. The van der Waals surface area contributed by atoms with Crippen LogP contribution in [-0.4, -0.2) is 6.54 Å². The van der Waals surface area contributed by atoms with Crippen LogP contribution in [0, 0.1) is 12.7 Å². The first kappa shape index (κ1) is 12.9. The highest BCUT2D eigenvalue weighted by Crippen LogP contribution is 2.22. The van der Waals surface area contributed by atoms with Crippen molar-refractivity contribution in [1.82, 2.24) is 5.32 Å². The lowest BCUT2D eigenvalue weighted by Gasteiger charge is -2.19. The van der Waals surface area contributed by atoms with Crippen LogP contribution >= 0.6 is 0 Å². The summed E-state index contributed by atoms with van der Waals surface area (Å²) in [6.07, 6.45) is 1.07. The van der Waals surface area contributed by atoms with Crippen molar-refractivity contribution in [2.75, 3.05) is 6.54 Å². The summed E-state index contributed by atoms with van der Waals surface area (Å²) < 4.78 is 13.2. The van der Waals surface area contributed by atoms with Crippen molar-refractivity contribution in [3.63, 3.8) is 0 Å². The lowest BCUT2D eigenvalue weighted by Crippen LogP contribution is -2.22. The molecule has 0 amide bonds. The quantitative estimate of drug-likeness (QED) is 0.747. The number of benzene rings is 1. The van der Waals surface area contributed by atoms with E-state index in [1.165, 1.54) is 6.07 Å². The Kier molecular flexibility index (Phi) is 4.69. The molecule has 0 bridgehead atoms. The van der Waals surface area contributed by atoms with Crippen molar-refractivity contribution in [3.8, 4) is 0 Å². The van der Waals surface area contributed by atoms with Crippen LogP contribution in [0.5, 0.6) is 0 Å². The van der Waals surface area contributed by atoms with Gasteiger partial charge in [-0.05, 0) is 44.0 Å². The second-order valence-corrected chi connectivity index (χ2v) is 4.24. The summed E-state index contributed by atoms with van der Waals surface area (Å²) in [7, 11) is 0. The molecule has 0 aliphatic heterocycles. The van der Waals surface area contributed by atoms with Crippen molar-refractivity contribution in [2.24, 2.45) is 0 Å². The van der Waals surface area contributed by atoms with Crippen molar-refractivity contribution < 1.29 is 4.39 Å². The first-order valence-electron chi connectivity index (χ1n) is 5.71. The fourth-order valence-electron chi connectivity index (χ4n) is 1.71. The predicted molar refractivity (Wildman–Crippen MR) is 67.0 cm³/mol. The molecule has 0 heterocycles. The topological polar surface area (TPSA) is 12.0 Å². The molecule has 2 heteroatoms. The fraction of sp³-hybridized carbons (Fsp3) is 0.429. The summed E-state index contributed by atoms with van der Waals surface area (Å²) in [6.45, 7) is 10.8. The summed E-state index contributed by atoms with van der Waals surface area (Å²) in [5, 5.41) is 3.41. The molecular weight excluding hydrogens is 201 g/mol. The lowest BCUT2D eigenvalue weighted by atomic mass is 9.99. The van der Waals surface area contributed by atoms with Crippen LogP contribution in [0.4, 0.5) is 4.39 Å². The van der Waals surface area contributed by atoms with Gasteiger partial charge in [0.25, 0.3) is 0 Å². The van der Waals surface area contributed by atoms with Gasteiger partial charge in [0.2, 0.25) is 0 Å². The van der Waals surface area contributed by atoms with Gasteiger partial charge in [-0.3, -0.25) is 0 Å². The average molecular weight is 221 g/mol. The van der Waals surface area contributed by atoms with Gasteiger partial charge in [-0.1, -0.05) is 31.2 Å². The minimum Gasteiger partial charge on any atom is -0.307 e. The highest BCUT2D eigenvalue weighted by Gasteiger charge is 2.12. The first-order chi connectivity index (χ1) is 7.56. The molecule has 1 aromatic rings. The third-order valence-corrected chi connectivity index (χ3v) is 2.61. The number of hydrogen-bond donors (Lipinski definition) is 1. The zero-order chi connectivity index (χ0) is 12.1. The van der Waals surface area contributed by atoms with Crippen molar-refractivity contribution >= 4 is 0 Å². The third kappa shape index (κ3) is 3.17. The third-order valence-electron chi connectivity index (χ3n) is 2.61. The van der Waals surface area contributed by atoms with E-state index >= 15 is 0 Å². The number of rotatable bonds is 5. The van der Waals surface area contributed by atoms with Gasteiger partial charge < -0.3 is 5.32 Å². The van der Waals surface area contributed by atoms with Crippen LogP contribution in [-0.2, 0) is 0 Å². The van der Waals surface area contributed by atoms with Gasteiger partial charge in [0, 0.05) is 0 Å². The minimum absolute atomic E-state index is 0.124. The van der Waals surface area contributed by atoms with Crippen LogP contribution in [0.2, 0.25) is 0 Å². The molecule has 16 heavy (non-hydrogen) atoms. The summed E-state index contributed by atoms with van der Waals surface area (Å²) in [4.78, 5) is 0. The Morgan fingerprint density at radius 1 is 1.50 bits per heavy atom. The van der Waals surface area contributed by atoms with Gasteiger partial charge in [-0.25, -0.2) is 4.39 Å². The maximum Gasteiger partial charge on any atom is 0.126 e. The molecule has 0 saturated heterocycles. The Morgan fingerprint density at radius 3 is 2.69 bits per heavy atom. The van der Waals surface area contributed by atoms with Crippen LogP contribution < -0.4 is 5.32 Å². The van der Waals surface area contributed by atoms with Crippen LogP contribution in [0.3, 0.4) is 0 Å². The van der Waals surface area contributed by atoms with Crippen LogP contribution in [0.1, 0.15) is 37.4 Å². The van der Waals surface area contributed by atoms with E-state index < -0.39 is 0 Å². The van der Waals surface area contributed by atoms with E-state index in [0.29, 0.717) is 5.56 Å². The Hall–Kier alpha value is -1.15. The Bertz CT molecular complexity index is 371. The molecule has 1 unspecified atom stereocenters. The van der Waals surface area contributed by atoms with E-state index in [-0.39, 0.29) is 11.9 Å². The van der Waals surface area contributed by atoms with Crippen molar-refractivity contribution in [2.45, 2.75) is 33.2 Å². The van der Waals surface area contributed by atoms with Gasteiger partial charge in [0.05, 0.1) is 6.04 Å². The van der Waals surface area contributed by atoms with E-state index in [4.69, 9.17) is 0 Å². The fourth-order valence-corrected chi connectivity index (χ4v) is 1.71. The van der Waals surface area contributed by atoms with Gasteiger partial charge in [-0.2, -0.15) is 0 Å². The molecule has 1 N–H and O–H groups in total. The van der Waals surface area contributed by atoms with E-state index in [0.717, 1.165) is 24.1 Å². The molecule has 0 radical (unpaired) electrons. The SMILES string of the molecule is C=C(C)C(NCCC)c1ccc(F)c(C)c1. The maximum absolute atomic E-state index is 13.2. The summed E-state index contributed by atoms with van der Waals surface area (Å²) in [5.74, 6) is -0.153. The normalized spacial score (nSPS) is 12.5. The number of aryl methyl sites for hydroxylation is 1. The molecule has 0 aliphatic rings. The van der Waals surface area contributed by atoms with E-state index in [2.05, 4.69) is 18.8 Å². The van der Waals surface area contributed by atoms with E-state index in [1.807, 2.05) is 19.1 Å². The minimum atomic E-state index is -0.153. The van der Waals surface area contributed by atoms with Gasteiger partial charge in [0.15, 0.2) is 0 Å². The molecule has 1 nitrogen and oxygen atoms in total. The molecule has 1 aromatic carbocycles. The summed E-state index contributed by atoms with van der Waals surface area (Å²) in [6, 6.07) is 5.36. The molecule has 0 aromatic heterocycles. The molecule has 1 rings (SSSR count). The molecule has 0 saturated carbocycles. The molecule has 1 atom stereocenters. The highest BCUT2D eigenvalue weighted by atomic mass is 19.1. The molecule has 0 aliphatic carbocycles. The second-order valence-electron chi connectivity index (χ2n) is 4.24. The Labute approximate surface area is 97.4 Å². The predicted octanol–water partition coefficient (Wildman–Crippen LogP) is 3.75. The van der Waals surface area contributed by atoms with E-state index in [9.17, 15) is 4.39 Å². The molecule has 0 spiro atoms.